The maximum Gasteiger partial charge on any atom is 0.292 e. The molecular weight excluding hydrogens is 344 g/mol. The van der Waals surface area contributed by atoms with E-state index in [0.29, 0.717) is 27.7 Å². The molecule has 4 rings (SSSR count). The zero-order chi connectivity index (χ0) is 17.2. The van der Waals surface area contributed by atoms with Crippen LogP contribution in [-0.2, 0) is 0 Å². The monoisotopic (exact) mass is 354 g/mol. The van der Waals surface area contributed by atoms with Gasteiger partial charge in [-0.25, -0.2) is 9.97 Å². The van der Waals surface area contributed by atoms with Gasteiger partial charge in [-0.05, 0) is 30.3 Å². The SMILES string of the molecule is O=C(Nc1n[nH]c2ncnc(Nc3cccc(Cl)c3)c12)c1ccco1. The first-order valence-corrected chi connectivity index (χ1v) is 7.65. The highest BCUT2D eigenvalue weighted by Crippen LogP contribution is 2.28. The lowest BCUT2D eigenvalue weighted by molar-refractivity contribution is 0.0996. The minimum Gasteiger partial charge on any atom is -0.459 e. The lowest BCUT2D eigenvalue weighted by Crippen LogP contribution is -2.11. The quantitative estimate of drug-likeness (QED) is 0.516. The number of carbonyl (C=O) groups excluding carboxylic acids is 1. The van der Waals surface area contributed by atoms with E-state index in [1.807, 2.05) is 12.1 Å². The normalized spacial score (nSPS) is 10.8. The third kappa shape index (κ3) is 3.02. The number of hydrogen-bond donors (Lipinski definition) is 3. The second-order valence-electron chi connectivity index (χ2n) is 5.08. The van der Waals surface area contributed by atoms with E-state index in [1.54, 1.807) is 24.3 Å². The minimum absolute atomic E-state index is 0.178. The Hall–Kier alpha value is -3.39. The van der Waals surface area contributed by atoms with Crippen LogP contribution in [0.2, 0.25) is 5.02 Å². The Kier molecular flexibility index (Phi) is 3.79. The van der Waals surface area contributed by atoms with Gasteiger partial charge < -0.3 is 15.1 Å². The van der Waals surface area contributed by atoms with E-state index in [-0.39, 0.29) is 5.76 Å². The molecule has 8 nitrogen and oxygen atoms in total. The van der Waals surface area contributed by atoms with Crippen molar-refractivity contribution in [2.45, 2.75) is 0 Å². The van der Waals surface area contributed by atoms with Crippen LogP contribution in [0.4, 0.5) is 17.3 Å². The van der Waals surface area contributed by atoms with E-state index in [2.05, 4.69) is 30.8 Å². The molecule has 4 aromatic rings. The summed E-state index contributed by atoms with van der Waals surface area (Å²) in [6, 6.07) is 10.4. The Morgan fingerprint density at radius 2 is 2.08 bits per heavy atom. The average Bonchev–Trinajstić information content (AvgIpc) is 3.26. The lowest BCUT2D eigenvalue weighted by Gasteiger charge is -2.08. The molecule has 0 unspecified atom stereocenters. The van der Waals surface area contributed by atoms with Crippen molar-refractivity contribution in [3.05, 3.63) is 59.8 Å². The number of hydrogen-bond acceptors (Lipinski definition) is 6. The summed E-state index contributed by atoms with van der Waals surface area (Å²) in [7, 11) is 0. The molecule has 0 aliphatic heterocycles. The van der Waals surface area contributed by atoms with Crippen molar-refractivity contribution < 1.29 is 9.21 Å². The van der Waals surface area contributed by atoms with Crippen LogP contribution in [0.25, 0.3) is 11.0 Å². The molecule has 0 aliphatic carbocycles. The van der Waals surface area contributed by atoms with Crippen molar-refractivity contribution in [2.75, 3.05) is 10.6 Å². The summed E-state index contributed by atoms with van der Waals surface area (Å²) in [6.07, 6.45) is 2.82. The number of nitrogens with one attached hydrogen (secondary N) is 3. The molecular formula is C16H11ClN6O2. The van der Waals surface area contributed by atoms with Gasteiger partial charge in [0.25, 0.3) is 5.91 Å². The Labute approximate surface area is 146 Å². The zero-order valence-corrected chi connectivity index (χ0v) is 13.4. The van der Waals surface area contributed by atoms with Gasteiger partial charge in [-0.3, -0.25) is 9.89 Å². The molecule has 0 spiro atoms. The zero-order valence-electron chi connectivity index (χ0n) is 12.7. The van der Waals surface area contributed by atoms with E-state index < -0.39 is 5.91 Å². The van der Waals surface area contributed by atoms with Crippen molar-refractivity contribution in [1.82, 2.24) is 20.2 Å². The van der Waals surface area contributed by atoms with Gasteiger partial charge >= 0.3 is 0 Å². The molecule has 0 aliphatic rings. The molecule has 0 atom stereocenters. The van der Waals surface area contributed by atoms with Gasteiger partial charge in [0.05, 0.1) is 6.26 Å². The predicted octanol–water partition coefficient (Wildman–Crippen LogP) is 3.60. The number of amides is 1. The highest BCUT2D eigenvalue weighted by atomic mass is 35.5. The molecule has 0 saturated carbocycles. The van der Waals surface area contributed by atoms with Gasteiger partial charge in [-0.15, -0.1) is 0 Å². The number of furan rings is 1. The molecule has 124 valence electrons. The topological polar surface area (TPSA) is 109 Å². The standard InChI is InChI=1S/C16H11ClN6O2/c17-9-3-1-4-10(7-9)20-13-12-14(19-8-18-13)22-23-15(12)21-16(24)11-5-2-6-25-11/h1-8H,(H3,18,19,20,21,22,23,24). The van der Waals surface area contributed by atoms with Crippen LogP contribution in [0.3, 0.4) is 0 Å². The highest BCUT2D eigenvalue weighted by Gasteiger charge is 2.17. The highest BCUT2D eigenvalue weighted by molar-refractivity contribution is 6.30. The number of aromatic amines is 1. The van der Waals surface area contributed by atoms with Crippen LogP contribution in [0.15, 0.2) is 53.4 Å². The molecule has 9 heteroatoms. The van der Waals surface area contributed by atoms with Gasteiger partial charge in [0.1, 0.15) is 17.5 Å². The minimum atomic E-state index is -0.420. The summed E-state index contributed by atoms with van der Waals surface area (Å²) < 4.78 is 5.08. The average molecular weight is 355 g/mol. The number of aromatic nitrogens is 4. The number of nitrogens with zero attached hydrogens (tertiary/aromatic N) is 3. The van der Waals surface area contributed by atoms with Crippen molar-refractivity contribution in [1.29, 1.82) is 0 Å². The van der Waals surface area contributed by atoms with Crippen LogP contribution in [0.5, 0.6) is 0 Å². The Morgan fingerprint density at radius 3 is 2.88 bits per heavy atom. The van der Waals surface area contributed by atoms with Crippen molar-refractivity contribution >= 4 is 45.9 Å². The number of H-pyrrole nitrogens is 1. The van der Waals surface area contributed by atoms with Crippen molar-refractivity contribution in [3.8, 4) is 0 Å². The molecule has 0 fully saturated rings. The summed E-state index contributed by atoms with van der Waals surface area (Å²) in [5, 5.41) is 13.8. The lowest BCUT2D eigenvalue weighted by atomic mass is 10.3. The third-order valence-electron chi connectivity index (χ3n) is 3.42. The van der Waals surface area contributed by atoms with Gasteiger partial charge in [-0.1, -0.05) is 17.7 Å². The number of halogens is 1. The van der Waals surface area contributed by atoms with Crippen LogP contribution in [-0.4, -0.2) is 26.1 Å². The summed E-state index contributed by atoms with van der Waals surface area (Å²) >= 11 is 6.01. The molecule has 0 bridgehead atoms. The molecule has 0 radical (unpaired) electrons. The molecule has 3 N–H and O–H groups in total. The third-order valence-corrected chi connectivity index (χ3v) is 3.66. The molecule has 1 aromatic carbocycles. The summed E-state index contributed by atoms with van der Waals surface area (Å²) in [5.41, 5.74) is 1.23. The Morgan fingerprint density at radius 1 is 1.16 bits per heavy atom. The summed E-state index contributed by atoms with van der Waals surface area (Å²) in [6.45, 7) is 0. The Bertz CT molecular complexity index is 1040. The van der Waals surface area contributed by atoms with Gasteiger partial charge in [0.15, 0.2) is 17.2 Å². The summed E-state index contributed by atoms with van der Waals surface area (Å²) in [5.74, 6) is 0.533. The van der Waals surface area contributed by atoms with Crippen molar-refractivity contribution in [3.63, 3.8) is 0 Å². The van der Waals surface area contributed by atoms with Gasteiger partial charge in [0, 0.05) is 10.7 Å². The largest absolute Gasteiger partial charge is 0.459 e. The fraction of sp³-hybridized carbons (Fsp3) is 0. The number of fused-ring (bicyclic) bond motifs is 1. The molecule has 0 saturated heterocycles. The fourth-order valence-corrected chi connectivity index (χ4v) is 2.51. The fourth-order valence-electron chi connectivity index (χ4n) is 2.32. The number of carbonyl (C=O) groups is 1. The maximum absolute atomic E-state index is 12.2. The van der Waals surface area contributed by atoms with E-state index in [4.69, 9.17) is 16.0 Å². The van der Waals surface area contributed by atoms with Crippen molar-refractivity contribution in [2.24, 2.45) is 0 Å². The maximum atomic E-state index is 12.2. The molecule has 3 aromatic heterocycles. The second kappa shape index (κ2) is 6.25. The van der Waals surface area contributed by atoms with Crippen LogP contribution in [0.1, 0.15) is 10.6 Å². The van der Waals surface area contributed by atoms with Crippen LogP contribution in [0, 0.1) is 0 Å². The van der Waals surface area contributed by atoms with Crippen LogP contribution < -0.4 is 10.6 Å². The first kappa shape index (κ1) is 15.2. The molecule has 1 amide bonds. The van der Waals surface area contributed by atoms with E-state index in [9.17, 15) is 4.79 Å². The smallest absolute Gasteiger partial charge is 0.292 e. The molecule has 25 heavy (non-hydrogen) atoms. The first-order chi connectivity index (χ1) is 12.2. The molecule has 3 heterocycles. The van der Waals surface area contributed by atoms with E-state index in [1.165, 1.54) is 12.6 Å². The van der Waals surface area contributed by atoms with Gasteiger partial charge in [0.2, 0.25) is 0 Å². The number of rotatable bonds is 4. The van der Waals surface area contributed by atoms with E-state index >= 15 is 0 Å². The second-order valence-corrected chi connectivity index (χ2v) is 5.52. The Balaban J connectivity index is 1.70. The van der Waals surface area contributed by atoms with E-state index in [0.717, 1.165) is 5.69 Å². The van der Waals surface area contributed by atoms with Crippen LogP contribution >= 0.6 is 11.6 Å². The number of anilines is 3. The summed E-state index contributed by atoms with van der Waals surface area (Å²) in [4.78, 5) is 20.6. The predicted molar refractivity (Wildman–Crippen MR) is 93.1 cm³/mol. The number of benzene rings is 1. The van der Waals surface area contributed by atoms with Gasteiger partial charge in [-0.2, -0.15) is 5.10 Å². The first-order valence-electron chi connectivity index (χ1n) is 7.27.